The molecule has 7 heavy (non-hydrogen) atoms. The third-order valence-electron chi connectivity index (χ3n) is 0.476. The number of oxime groups is 1. The van der Waals surface area contributed by atoms with Gasteiger partial charge >= 0.3 is 0 Å². The zero-order valence-electron chi connectivity index (χ0n) is 4.42. The molecule has 0 aromatic carbocycles. The molecular formula is C4H10N2O. The van der Waals surface area contributed by atoms with Gasteiger partial charge in [0.15, 0.2) is 0 Å². The van der Waals surface area contributed by atoms with Crippen molar-refractivity contribution in [2.75, 3.05) is 13.7 Å². The van der Waals surface area contributed by atoms with Gasteiger partial charge in [-0.3, -0.25) is 0 Å². The molecule has 0 aromatic heterocycles. The molecule has 0 fully saturated rings. The van der Waals surface area contributed by atoms with Crippen LogP contribution in [-0.4, -0.2) is 19.9 Å². The standard InChI is InChI=1S/C4H10N2O/c1-7-6-4-2-3-5/h4H,2-3,5H2,1H3. The molecule has 42 valence electrons. The molecule has 0 aliphatic rings. The summed E-state index contributed by atoms with van der Waals surface area (Å²) in [6, 6.07) is 0. The fraction of sp³-hybridized carbons (Fsp3) is 0.750. The monoisotopic (exact) mass is 102 g/mol. The van der Waals surface area contributed by atoms with E-state index in [0.29, 0.717) is 6.54 Å². The van der Waals surface area contributed by atoms with Crippen LogP contribution in [0.4, 0.5) is 0 Å². The highest BCUT2D eigenvalue weighted by atomic mass is 16.6. The first-order valence-electron chi connectivity index (χ1n) is 2.17. The Balaban J connectivity index is 2.78. The molecule has 0 radical (unpaired) electrons. The van der Waals surface area contributed by atoms with E-state index in [4.69, 9.17) is 5.73 Å². The summed E-state index contributed by atoms with van der Waals surface area (Å²) in [5.74, 6) is 0. The van der Waals surface area contributed by atoms with Crippen LogP contribution in [0.5, 0.6) is 0 Å². The molecular weight excluding hydrogens is 92.1 g/mol. The highest BCUT2D eigenvalue weighted by molar-refractivity contribution is 5.56. The molecule has 0 amide bonds. The molecule has 0 bridgehead atoms. The highest BCUT2D eigenvalue weighted by Gasteiger charge is 1.69. The number of nitrogens with zero attached hydrogens (tertiary/aromatic N) is 1. The van der Waals surface area contributed by atoms with E-state index < -0.39 is 0 Å². The molecule has 0 saturated carbocycles. The van der Waals surface area contributed by atoms with Gasteiger partial charge in [-0.15, -0.1) is 0 Å². The molecule has 0 spiro atoms. The van der Waals surface area contributed by atoms with E-state index >= 15 is 0 Å². The van der Waals surface area contributed by atoms with Gasteiger partial charge in [-0.1, -0.05) is 5.16 Å². The summed E-state index contributed by atoms with van der Waals surface area (Å²) >= 11 is 0. The maximum Gasteiger partial charge on any atom is 0.106 e. The minimum Gasteiger partial charge on any atom is -0.399 e. The molecule has 0 saturated heterocycles. The van der Waals surface area contributed by atoms with Gasteiger partial charge in [0.05, 0.1) is 0 Å². The van der Waals surface area contributed by atoms with E-state index in [9.17, 15) is 0 Å². The molecule has 0 aliphatic heterocycles. The van der Waals surface area contributed by atoms with Crippen LogP contribution >= 0.6 is 0 Å². The molecule has 0 heterocycles. The Bertz CT molecular complexity index is 53.7. The lowest BCUT2D eigenvalue weighted by molar-refractivity contribution is 0.214. The average molecular weight is 102 g/mol. The predicted octanol–water partition coefficient (Wildman–Crippen LogP) is -0.0326. The van der Waals surface area contributed by atoms with Gasteiger partial charge in [-0.25, -0.2) is 0 Å². The van der Waals surface area contributed by atoms with Crippen molar-refractivity contribution in [3.05, 3.63) is 0 Å². The lowest BCUT2D eigenvalue weighted by Crippen LogP contribution is -1.98. The largest absolute Gasteiger partial charge is 0.399 e. The van der Waals surface area contributed by atoms with E-state index in [1.165, 1.54) is 7.11 Å². The van der Waals surface area contributed by atoms with Gasteiger partial charge < -0.3 is 10.6 Å². The third kappa shape index (κ3) is 5.43. The molecule has 0 unspecified atom stereocenters. The SMILES string of the molecule is CON=CCCN. The summed E-state index contributed by atoms with van der Waals surface area (Å²) in [4.78, 5) is 4.36. The molecule has 0 atom stereocenters. The van der Waals surface area contributed by atoms with Crippen molar-refractivity contribution >= 4 is 6.21 Å². The summed E-state index contributed by atoms with van der Waals surface area (Å²) < 4.78 is 0. The number of rotatable bonds is 3. The predicted molar refractivity (Wildman–Crippen MR) is 29.2 cm³/mol. The van der Waals surface area contributed by atoms with Crippen LogP contribution in [0.1, 0.15) is 6.42 Å². The summed E-state index contributed by atoms with van der Waals surface area (Å²) in [5, 5.41) is 3.46. The fourth-order valence-corrected chi connectivity index (χ4v) is 0.202. The molecule has 0 aromatic rings. The molecule has 3 nitrogen and oxygen atoms in total. The summed E-state index contributed by atoms with van der Waals surface area (Å²) in [6.07, 6.45) is 2.42. The van der Waals surface area contributed by atoms with Crippen LogP contribution in [-0.2, 0) is 4.84 Å². The summed E-state index contributed by atoms with van der Waals surface area (Å²) in [6.45, 7) is 0.632. The first kappa shape index (κ1) is 6.43. The number of hydrogen-bond donors (Lipinski definition) is 1. The molecule has 3 heteroatoms. The van der Waals surface area contributed by atoms with Gasteiger partial charge in [0, 0.05) is 6.21 Å². The van der Waals surface area contributed by atoms with Crippen molar-refractivity contribution in [3.8, 4) is 0 Å². The number of nitrogens with two attached hydrogens (primary N) is 1. The molecule has 0 rings (SSSR count). The Morgan fingerprint density at radius 1 is 1.86 bits per heavy atom. The van der Waals surface area contributed by atoms with Crippen LogP contribution in [0.2, 0.25) is 0 Å². The van der Waals surface area contributed by atoms with E-state index in [-0.39, 0.29) is 0 Å². The molecule has 0 aliphatic carbocycles. The molecule has 2 N–H and O–H groups in total. The second-order valence-corrected chi connectivity index (χ2v) is 1.05. The average Bonchev–Trinajstić information content (AvgIpc) is 1.69. The van der Waals surface area contributed by atoms with Crippen LogP contribution in [0.25, 0.3) is 0 Å². The lowest BCUT2D eigenvalue weighted by atomic mass is 10.5. The smallest absolute Gasteiger partial charge is 0.106 e. The fourth-order valence-electron chi connectivity index (χ4n) is 0.202. The van der Waals surface area contributed by atoms with Crippen molar-refractivity contribution in [1.82, 2.24) is 0 Å². The van der Waals surface area contributed by atoms with Crippen LogP contribution in [0, 0.1) is 0 Å². The Labute approximate surface area is 43.1 Å². The van der Waals surface area contributed by atoms with E-state index in [1.54, 1.807) is 6.21 Å². The lowest BCUT2D eigenvalue weighted by Gasteiger charge is -1.82. The van der Waals surface area contributed by atoms with Crippen molar-refractivity contribution in [3.63, 3.8) is 0 Å². The Morgan fingerprint density at radius 2 is 2.57 bits per heavy atom. The third-order valence-corrected chi connectivity index (χ3v) is 0.476. The van der Waals surface area contributed by atoms with Crippen LogP contribution in [0.3, 0.4) is 0 Å². The van der Waals surface area contributed by atoms with E-state index in [1.807, 2.05) is 0 Å². The maximum atomic E-state index is 5.12. The van der Waals surface area contributed by atoms with Crippen molar-refractivity contribution in [2.24, 2.45) is 10.9 Å². The van der Waals surface area contributed by atoms with Crippen molar-refractivity contribution in [1.29, 1.82) is 0 Å². The minimum atomic E-state index is 0.632. The maximum absolute atomic E-state index is 5.12. The van der Waals surface area contributed by atoms with Crippen LogP contribution < -0.4 is 5.73 Å². The van der Waals surface area contributed by atoms with E-state index in [0.717, 1.165) is 6.42 Å². The number of hydrogen-bond acceptors (Lipinski definition) is 3. The van der Waals surface area contributed by atoms with Gasteiger partial charge in [-0.2, -0.15) is 0 Å². The van der Waals surface area contributed by atoms with Crippen LogP contribution in [0.15, 0.2) is 5.16 Å². The normalized spacial score (nSPS) is 10.0. The Kier molecular flexibility index (Phi) is 4.99. The first-order chi connectivity index (χ1) is 3.41. The highest BCUT2D eigenvalue weighted by Crippen LogP contribution is 1.67. The minimum absolute atomic E-state index is 0.632. The van der Waals surface area contributed by atoms with Gasteiger partial charge in [0.2, 0.25) is 0 Å². The van der Waals surface area contributed by atoms with Crippen molar-refractivity contribution in [2.45, 2.75) is 6.42 Å². The first-order valence-corrected chi connectivity index (χ1v) is 2.17. The Hall–Kier alpha value is -0.570. The second kappa shape index (κ2) is 5.43. The zero-order chi connectivity index (χ0) is 5.54. The zero-order valence-corrected chi connectivity index (χ0v) is 4.42. The van der Waals surface area contributed by atoms with Gasteiger partial charge in [0.1, 0.15) is 7.11 Å². The summed E-state index contributed by atoms with van der Waals surface area (Å²) in [5.41, 5.74) is 5.12. The topological polar surface area (TPSA) is 47.6 Å². The quantitative estimate of drug-likeness (QED) is 0.401. The van der Waals surface area contributed by atoms with Gasteiger partial charge in [-0.05, 0) is 13.0 Å². The Morgan fingerprint density at radius 3 is 3.00 bits per heavy atom. The van der Waals surface area contributed by atoms with Crippen molar-refractivity contribution < 1.29 is 4.84 Å². The second-order valence-electron chi connectivity index (χ2n) is 1.05. The summed E-state index contributed by atoms with van der Waals surface area (Å²) in [7, 11) is 1.51. The van der Waals surface area contributed by atoms with E-state index in [2.05, 4.69) is 9.99 Å². The van der Waals surface area contributed by atoms with Gasteiger partial charge in [0.25, 0.3) is 0 Å².